The van der Waals surface area contributed by atoms with Gasteiger partial charge in [0.05, 0.1) is 17.2 Å². The fraction of sp³-hybridized carbons (Fsp3) is 0.0625. The molecule has 0 radical (unpaired) electrons. The molecule has 7 nitrogen and oxygen atoms in total. The number of carboxylic acids is 1. The van der Waals surface area contributed by atoms with Crippen molar-refractivity contribution in [3.05, 3.63) is 54.1 Å². The van der Waals surface area contributed by atoms with Gasteiger partial charge in [0.1, 0.15) is 5.75 Å². The zero-order valence-corrected chi connectivity index (χ0v) is 12.1. The zero-order chi connectivity index (χ0) is 16.1. The van der Waals surface area contributed by atoms with Crippen molar-refractivity contribution in [1.29, 1.82) is 0 Å². The molecule has 1 aromatic heterocycles. The molecule has 0 bridgehead atoms. The maximum Gasteiger partial charge on any atom is 0.341 e. The Labute approximate surface area is 131 Å². The number of nitrogens with one attached hydrogen (secondary N) is 2. The van der Waals surface area contributed by atoms with Gasteiger partial charge in [-0.1, -0.05) is 12.1 Å². The smallest absolute Gasteiger partial charge is 0.341 e. The van der Waals surface area contributed by atoms with Crippen molar-refractivity contribution in [2.45, 2.75) is 0 Å². The number of benzene rings is 2. The normalized spacial score (nSPS) is 11.0. The number of H-pyrrole nitrogens is 1. The minimum Gasteiger partial charge on any atom is -0.482 e. The number of hydrogen-bond acceptors (Lipinski definition) is 5. The molecule has 23 heavy (non-hydrogen) atoms. The Morgan fingerprint density at radius 1 is 1.26 bits per heavy atom. The predicted octanol–water partition coefficient (Wildman–Crippen LogP) is 2.47. The van der Waals surface area contributed by atoms with E-state index in [0.29, 0.717) is 11.7 Å². The van der Waals surface area contributed by atoms with E-state index in [-0.39, 0.29) is 6.61 Å². The third-order valence-electron chi connectivity index (χ3n) is 3.02. The zero-order valence-electron chi connectivity index (χ0n) is 12.1. The topological polar surface area (TPSA) is 99.6 Å². The maximum absolute atomic E-state index is 10.4. The summed E-state index contributed by atoms with van der Waals surface area (Å²) in [6.07, 6.45) is 1.63. The third kappa shape index (κ3) is 3.85. The number of hydrazone groups is 1. The highest BCUT2D eigenvalue weighted by molar-refractivity contribution is 5.81. The number of para-hydroxylation sites is 2. The Bertz CT molecular complexity index is 807. The van der Waals surface area contributed by atoms with Crippen molar-refractivity contribution in [2.24, 2.45) is 5.10 Å². The molecule has 0 saturated carbocycles. The third-order valence-corrected chi connectivity index (χ3v) is 3.02. The molecule has 2 aromatic carbocycles. The summed E-state index contributed by atoms with van der Waals surface area (Å²) in [6, 6.07) is 14.6. The Balaban J connectivity index is 1.60. The fourth-order valence-corrected chi connectivity index (χ4v) is 1.97. The van der Waals surface area contributed by atoms with Crippen LogP contribution in [0, 0.1) is 0 Å². The van der Waals surface area contributed by atoms with Crippen LogP contribution in [0.15, 0.2) is 53.6 Å². The molecule has 1 heterocycles. The number of aromatic nitrogens is 2. The van der Waals surface area contributed by atoms with Gasteiger partial charge < -0.3 is 14.8 Å². The predicted molar refractivity (Wildman–Crippen MR) is 86.9 cm³/mol. The lowest BCUT2D eigenvalue weighted by Crippen LogP contribution is -2.09. The maximum atomic E-state index is 10.4. The lowest BCUT2D eigenvalue weighted by molar-refractivity contribution is -0.139. The highest BCUT2D eigenvalue weighted by atomic mass is 16.5. The number of aliphatic carboxylic acids is 1. The first kappa shape index (κ1) is 14.6. The fourth-order valence-electron chi connectivity index (χ4n) is 1.97. The summed E-state index contributed by atoms with van der Waals surface area (Å²) < 4.78 is 5.06. The summed E-state index contributed by atoms with van der Waals surface area (Å²) >= 11 is 0. The molecule has 0 atom stereocenters. The monoisotopic (exact) mass is 310 g/mol. The number of rotatable bonds is 6. The van der Waals surface area contributed by atoms with E-state index in [1.54, 1.807) is 30.5 Å². The quantitative estimate of drug-likeness (QED) is 0.480. The average Bonchev–Trinajstić information content (AvgIpc) is 2.97. The van der Waals surface area contributed by atoms with Gasteiger partial charge >= 0.3 is 5.97 Å². The number of nitrogens with zero attached hydrogens (tertiary/aromatic N) is 2. The summed E-state index contributed by atoms with van der Waals surface area (Å²) in [5.41, 5.74) is 5.48. The van der Waals surface area contributed by atoms with Gasteiger partial charge in [0.2, 0.25) is 5.95 Å². The molecular formula is C16H14N4O3. The number of carboxylic acid groups (broad SMARTS) is 1. The van der Waals surface area contributed by atoms with Crippen molar-refractivity contribution in [3.63, 3.8) is 0 Å². The van der Waals surface area contributed by atoms with Gasteiger partial charge in [-0.05, 0) is 42.0 Å². The summed E-state index contributed by atoms with van der Waals surface area (Å²) in [5, 5.41) is 12.7. The number of aromatic amines is 1. The summed E-state index contributed by atoms with van der Waals surface area (Å²) in [6.45, 7) is -0.360. The lowest BCUT2D eigenvalue weighted by Gasteiger charge is -2.02. The molecule has 0 aliphatic heterocycles. The van der Waals surface area contributed by atoms with E-state index >= 15 is 0 Å². The van der Waals surface area contributed by atoms with E-state index in [0.717, 1.165) is 16.6 Å². The first-order valence-corrected chi connectivity index (χ1v) is 6.89. The first-order chi connectivity index (χ1) is 11.2. The molecule has 0 aliphatic rings. The van der Waals surface area contributed by atoms with E-state index in [1.165, 1.54) is 0 Å². The van der Waals surface area contributed by atoms with Gasteiger partial charge in [-0.25, -0.2) is 15.2 Å². The van der Waals surface area contributed by atoms with Crippen molar-refractivity contribution in [2.75, 3.05) is 12.0 Å². The second-order valence-corrected chi connectivity index (χ2v) is 4.72. The minimum atomic E-state index is -1.01. The molecule has 0 fully saturated rings. The Morgan fingerprint density at radius 3 is 2.78 bits per heavy atom. The van der Waals surface area contributed by atoms with Crippen molar-refractivity contribution in [3.8, 4) is 5.75 Å². The van der Waals surface area contributed by atoms with Crippen LogP contribution in [0.4, 0.5) is 5.95 Å². The molecule has 116 valence electrons. The number of anilines is 1. The van der Waals surface area contributed by atoms with Crippen molar-refractivity contribution >= 4 is 29.2 Å². The summed E-state index contributed by atoms with van der Waals surface area (Å²) in [7, 11) is 0. The van der Waals surface area contributed by atoms with E-state index in [4.69, 9.17) is 9.84 Å². The van der Waals surface area contributed by atoms with Gasteiger partial charge in [0, 0.05) is 0 Å². The van der Waals surface area contributed by atoms with Crippen molar-refractivity contribution in [1.82, 2.24) is 9.97 Å². The molecule has 7 heteroatoms. The van der Waals surface area contributed by atoms with Crippen LogP contribution in [-0.4, -0.2) is 33.9 Å². The first-order valence-electron chi connectivity index (χ1n) is 6.89. The van der Waals surface area contributed by atoms with Gasteiger partial charge in [-0.3, -0.25) is 0 Å². The molecule has 3 aromatic rings. The van der Waals surface area contributed by atoms with Crippen LogP contribution in [0.2, 0.25) is 0 Å². The van der Waals surface area contributed by atoms with Crippen molar-refractivity contribution < 1.29 is 14.6 Å². The van der Waals surface area contributed by atoms with Gasteiger partial charge in [-0.15, -0.1) is 0 Å². The number of fused-ring (bicyclic) bond motifs is 1. The summed E-state index contributed by atoms with van der Waals surface area (Å²) in [5.74, 6) is 0.0457. The average molecular weight is 310 g/mol. The molecule has 3 N–H and O–H groups in total. The van der Waals surface area contributed by atoms with Crippen LogP contribution in [-0.2, 0) is 4.79 Å². The van der Waals surface area contributed by atoms with E-state index in [9.17, 15) is 4.79 Å². The molecular weight excluding hydrogens is 296 g/mol. The molecule has 0 spiro atoms. The van der Waals surface area contributed by atoms with Crippen LogP contribution < -0.4 is 10.2 Å². The minimum absolute atomic E-state index is 0.360. The van der Waals surface area contributed by atoms with Crippen LogP contribution in [0.1, 0.15) is 5.56 Å². The molecule has 3 rings (SSSR count). The van der Waals surface area contributed by atoms with Crippen LogP contribution in [0.5, 0.6) is 5.75 Å². The standard InChI is InChI=1S/C16H14N4O3/c21-15(22)10-23-12-7-5-11(6-8-12)9-17-20-16-18-13-3-1-2-4-14(13)19-16/h1-9H,10H2,(H,21,22)(H2,18,19,20). The largest absolute Gasteiger partial charge is 0.482 e. The van der Waals surface area contributed by atoms with E-state index < -0.39 is 5.97 Å². The van der Waals surface area contributed by atoms with Gasteiger partial charge in [0.25, 0.3) is 0 Å². The number of carbonyl (C=O) groups is 1. The van der Waals surface area contributed by atoms with Crippen LogP contribution in [0.3, 0.4) is 0 Å². The summed E-state index contributed by atoms with van der Waals surface area (Å²) in [4.78, 5) is 17.9. The second kappa shape index (κ2) is 6.61. The van der Waals surface area contributed by atoms with Crippen LogP contribution in [0.25, 0.3) is 11.0 Å². The van der Waals surface area contributed by atoms with Gasteiger partial charge in [-0.2, -0.15) is 5.10 Å². The SMILES string of the molecule is O=C(O)COc1ccc(C=NNc2nc3ccccc3[nH]2)cc1. The Kier molecular flexibility index (Phi) is 4.19. The Hall–Kier alpha value is -3.35. The molecule has 0 aliphatic carbocycles. The number of hydrogen-bond donors (Lipinski definition) is 3. The van der Waals surface area contributed by atoms with Gasteiger partial charge in [0.15, 0.2) is 6.61 Å². The van der Waals surface area contributed by atoms with E-state index in [2.05, 4.69) is 20.5 Å². The second-order valence-electron chi connectivity index (χ2n) is 4.72. The van der Waals surface area contributed by atoms with Crippen LogP contribution >= 0.6 is 0 Å². The highest BCUT2D eigenvalue weighted by Gasteiger charge is 2.00. The van der Waals surface area contributed by atoms with E-state index in [1.807, 2.05) is 24.3 Å². The molecule has 0 saturated heterocycles. The molecule has 0 unspecified atom stereocenters. The lowest BCUT2D eigenvalue weighted by atomic mass is 10.2. The Morgan fingerprint density at radius 2 is 2.04 bits per heavy atom. The number of imidazole rings is 1. The number of ether oxygens (including phenoxy) is 1. The highest BCUT2D eigenvalue weighted by Crippen LogP contribution is 2.13. The molecule has 0 amide bonds.